The summed E-state index contributed by atoms with van der Waals surface area (Å²) in [6.45, 7) is 5.21. The molecule has 1 unspecified atom stereocenters. The van der Waals surface area contributed by atoms with Crippen LogP contribution >= 0.6 is 0 Å². The summed E-state index contributed by atoms with van der Waals surface area (Å²) in [5.41, 5.74) is 4.96. The average Bonchev–Trinajstić information content (AvgIpc) is 2.95. The number of rotatable bonds is 3. The number of halogens is 1. The van der Waals surface area contributed by atoms with Crippen molar-refractivity contribution in [3.63, 3.8) is 0 Å². The summed E-state index contributed by atoms with van der Waals surface area (Å²) in [6.07, 6.45) is -0.0703. The van der Waals surface area contributed by atoms with E-state index in [1.807, 2.05) is 36.4 Å². The molecule has 0 aromatic heterocycles. The first-order valence-electron chi connectivity index (χ1n) is 7.26. The third kappa shape index (κ3) is 2.31. The van der Waals surface area contributed by atoms with Crippen molar-refractivity contribution in [1.29, 1.82) is 0 Å². The molecule has 104 valence electrons. The van der Waals surface area contributed by atoms with Gasteiger partial charge in [-0.15, -0.1) is 0 Å². The van der Waals surface area contributed by atoms with Crippen LogP contribution in [0.1, 0.15) is 48.2 Å². The van der Waals surface area contributed by atoms with Crippen LogP contribution in [0.2, 0.25) is 0 Å². The zero-order valence-corrected chi connectivity index (χ0v) is 12.0. The van der Waals surface area contributed by atoms with E-state index in [0.29, 0.717) is 5.92 Å². The lowest BCUT2D eigenvalue weighted by atomic mass is 9.96. The second kappa shape index (κ2) is 5.28. The molecule has 0 amide bonds. The molecule has 1 aliphatic heterocycles. The molecule has 1 nitrogen and oxygen atoms in total. The summed E-state index contributed by atoms with van der Waals surface area (Å²) in [7, 11) is 0. The number of nitrogens with one attached hydrogen (secondary N) is 1. The van der Waals surface area contributed by atoms with Crippen molar-refractivity contribution in [2.24, 2.45) is 0 Å². The summed E-state index contributed by atoms with van der Waals surface area (Å²) in [4.78, 5) is 0. The Labute approximate surface area is 119 Å². The van der Waals surface area contributed by atoms with Gasteiger partial charge in [-0.3, -0.25) is 0 Å². The molecule has 20 heavy (non-hydrogen) atoms. The minimum absolute atomic E-state index is 0.477. The summed E-state index contributed by atoms with van der Waals surface area (Å²) in [6, 6.07) is 13.8. The molecule has 1 aliphatic rings. The Hall–Kier alpha value is -1.83. The van der Waals surface area contributed by atoms with Crippen molar-refractivity contribution in [3.05, 3.63) is 64.7 Å². The number of anilines is 1. The minimum Gasteiger partial charge on any atom is -0.384 e. The predicted octanol–water partition coefficient (Wildman–Crippen LogP) is 4.84. The molecular formula is C18H20FN. The van der Waals surface area contributed by atoms with Crippen LogP contribution < -0.4 is 5.32 Å². The van der Waals surface area contributed by atoms with Crippen molar-refractivity contribution < 1.29 is 4.39 Å². The van der Waals surface area contributed by atoms with E-state index in [1.165, 1.54) is 11.1 Å². The van der Waals surface area contributed by atoms with Crippen LogP contribution in [-0.2, 0) is 6.42 Å². The fraction of sp³-hybridized carbons (Fsp3) is 0.333. The van der Waals surface area contributed by atoms with Gasteiger partial charge in [0.05, 0.1) is 0 Å². The summed E-state index contributed by atoms with van der Waals surface area (Å²) < 4.78 is 14.8. The molecule has 2 aromatic rings. The van der Waals surface area contributed by atoms with Crippen molar-refractivity contribution in [3.8, 4) is 0 Å². The molecule has 1 N–H and O–H groups in total. The zero-order valence-electron chi connectivity index (χ0n) is 12.0. The Balaban J connectivity index is 1.93. The third-order valence-corrected chi connectivity index (χ3v) is 4.05. The Morgan fingerprint density at radius 1 is 1.00 bits per heavy atom. The van der Waals surface area contributed by atoms with E-state index in [9.17, 15) is 4.39 Å². The molecule has 0 radical (unpaired) electrons. The van der Waals surface area contributed by atoms with Gasteiger partial charge in [-0.2, -0.15) is 0 Å². The number of hydrogen-bond donors (Lipinski definition) is 1. The highest BCUT2D eigenvalue weighted by atomic mass is 19.1. The molecule has 0 bridgehead atoms. The highest BCUT2D eigenvalue weighted by Gasteiger charge is 2.21. The number of fused-ring (bicyclic) bond motifs is 1. The lowest BCUT2D eigenvalue weighted by Gasteiger charge is -2.15. The van der Waals surface area contributed by atoms with Gasteiger partial charge in [-0.05, 0) is 29.0 Å². The molecule has 1 heterocycles. The molecule has 1 atom stereocenters. The molecule has 0 saturated carbocycles. The normalized spacial score (nSPS) is 15.0. The number of benzene rings is 2. The fourth-order valence-electron chi connectivity index (χ4n) is 2.81. The van der Waals surface area contributed by atoms with Crippen molar-refractivity contribution >= 4 is 5.69 Å². The van der Waals surface area contributed by atoms with Crippen molar-refractivity contribution in [1.82, 2.24) is 0 Å². The van der Waals surface area contributed by atoms with Gasteiger partial charge in [0, 0.05) is 17.8 Å². The van der Waals surface area contributed by atoms with E-state index in [1.54, 1.807) is 0 Å². The van der Waals surface area contributed by atoms with Crippen molar-refractivity contribution in [2.45, 2.75) is 32.4 Å². The summed E-state index contributed by atoms with van der Waals surface area (Å²) >= 11 is 0. The maximum Gasteiger partial charge on any atom is 0.152 e. The van der Waals surface area contributed by atoms with Crippen LogP contribution in [0.5, 0.6) is 0 Å². The van der Waals surface area contributed by atoms with Crippen LogP contribution in [0, 0.1) is 0 Å². The molecule has 0 fully saturated rings. The predicted molar refractivity (Wildman–Crippen MR) is 82.1 cm³/mol. The van der Waals surface area contributed by atoms with Crippen LogP contribution in [0.4, 0.5) is 10.1 Å². The lowest BCUT2D eigenvalue weighted by molar-refractivity contribution is 0.403. The SMILES string of the molecule is CC(C)c1ccc(C(F)c2cccc3c2NCC3)cc1. The van der Waals surface area contributed by atoms with E-state index in [0.717, 1.165) is 29.8 Å². The van der Waals surface area contributed by atoms with Crippen LogP contribution in [0.15, 0.2) is 42.5 Å². The highest BCUT2D eigenvalue weighted by Crippen LogP contribution is 2.36. The number of para-hydroxylation sites is 1. The standard InChI is InChI=1S/C18H20FN/c1-12(2)13-6-8-14(9-7-13)17(19)16-5-3-4-15-10-11-20-18(15)16/h3-9,12,17,20H,10-11H2,1-2H3. The number of hydrogen-bond acceptors (Lipinski definition) is 1. The first-order chi connectivity index (χ1) is 9.66. The van der Waals surface area contributed by atoms with E-state index < -0.39 is 6.17 Å². The summed E-state index contributed by atoms with van der Waals surface area (Å²) in [5.74, 6) is 0.477. The molecule has 2 aromatic carbocycles. The lowest BCUT2D eigenvalue weighted by Crippen LogP contribution is -2.01. The molecular weight excluding hydrogens is 249 g/mol. The molecule has 0 aliphatic carbocycles. The molecule has 0 saturated heterocycles. The van der Waals surface area contributed by atoms with Gasteiger partial charge in [0.15, 0.2) is 6.17 Å². The van der Waals surface area contributed by atoms with Gasteiger partial charge >= 0.3 is 0 Å². The fourth-order valence-corrected chi connectivity index (χ4v) is 2.81. The third-order valence-electron chi connectivity index (χ3n) is 4.05. The van der Waals surface area contributed by atoms with Crippen LogP contribution in [-0.4, -0.2) is 6.54 Å². The van der Waals surface area contributed by atoms with Crippen LogP contribution in [0.3, 0.4) is 0 Å². The molecule has 3 rings (SSSR count). The quantitative estimate of drug-likeness (QED) is 0.841. The molecule has 0 spiro atoms. The largest absolute Gasteiger partial charge is 0.384 e. The van der Waals surface area contributed by atoms with Gasteiger partial charge in [0.25, 0.3) is 0 Å². The van der Waals surface area contributed by atoms with E-state index >= 15 is 0 Å². The zero-order chi connectivity index (χ0) is 14.1. The topological polar surface area (TPSA) is 12.0 Å². The maximum atomic E-state index is 14.8. The second-order valence-electron chi connectivity index (χ2n) is 5.74. The maximum absolute atomic E-state index is 14.8. The Bertz CT molecular complexity index is 601. The Morgan fingerprint density at radius 2 is 1.70 bits per heavy atom. The van der Waals surface area contributed by atoms with Crippen molar-refractivity contribution in [2.75, 3.05) is 11.9 Å². The smallest absolute Gasteiger partial charge is 0.152 e. The Kier molecular flexibility index (Phi) is 3.47. The van der Waals surface area contributed by atoms with E-state index in [2.05, 4.69) is 25.2 Å². The number of alkyl halides is 1. The van der Waals surface area contributed by atoms with Gasteiger partial charge in [0.2, 0.25) is 0 Å². The van der Waals surface area contributed by atoms with E-state index in [4.69, 9.17) is 0 Å². The minimum atomic E-state index is -1.06. The van der Waals surface area contributed by atoms with Gasteiger partial charge in [-0.1, -0.05) is 56.3 Å². The highest BCUT2D eigenvalue weighted by molar-refractivity contribution is 5.63. The average molecular weight is 269 g/mol. The van der Waals surface area contributed by atoms with Crippen LogP contribution in [0.25, 0.3) is 0 Å². The van der Waals surface area contributed by atoms with Gasteiger partial charge in [0.1, 0.15) is 0 Å². The molecule has 2 heteroatoms. The monoisotopic (exact) mass is 269 g/mol. The first kappa shape index (κ1) is 13.2. The van der Waals surface area contributed by atoms with Gasteiger partial charge < -0.3 is 5.32 Å². The van der Waals surface area contributed by atoms with E-state index in [-0.39, 0.29) is 0 Å². The van der Waals surface area contributed by atoms with Gasteiger partial charge in [-0.25, -0.2) is 4.39 Å². The first-order valence-corrected chi connectivity index (χ1v) is 7.26. The second-order valence-corrected chi connectivity index (χ2v) is 5.74. The Morgan fingerprint density at radius 3 is 2.40 bits per heavy atom. The summed E-state index contributed by atoms with van der Waals surface area (Å²) in [5, 5.41) is 3.31.